The van der Waals surface area contributed by atoms with Gasteiger partial charge in [-0.15, -0.1) is 11.3 Å². The van der Waals surface area contributed by atoms with Gasteiger partial charge in [0, 0.05) is 23.7 Å². The molecule has 1 atom stereocenters. The third-order valence-corrected chi connectivity index (χ3v) is 5.88. The zero-order valence-electron chi connectivity index (χ0n) is 16.4. The van der Waals surface area contributed by atoms with Crippen molar-refractivity contribution >= 4 is 40.8 Å². The number of alkyl halides is 3. The van der Waals surface area contributed by atoms with Crippen molar-refractivity contribution in [2.45, 2.75) is 25.6 Å². The number of aryl methyl sites for hydroxylation is 1. The molecule has 0 unspecified atom stereocenters. The summed E-state index contributed by atoms with van der Waals surface area (Å²) in [5, 5.41) is 12.1. The smallest absolute Gasteiger partial charge is 0.347 e. The fourth-order valence-corrected chi connectivity index (χ4v) is 4.20. The van der Waals surface area contributed by atoms with Crippen LogP contribution in [-0.2, 0) is 12.6 Å². The second-order valence-corrected chi connectivity index (χ2v) is 8.20. The summed E-state index contributed by atoms with van der Waals surface area (Å²) in [6.45, 7) is 1.82. The number of amides is 1. The van der Waals surface area contributed by atoms with Gasteiger partial charge in [-0.3, -0.25) is 4.79 Å². The van der Waals surface area contributed by atoms with Crippen LogP contribution in [0.15, 0.2) is 35.4 Å². The summed E-state index contributed by atoms with van der Waals surface area (Å²) in [7, 11) is 1.78. The molecule has 0 saturated carbocycles. The summed E-state index contributed by atoms with van der Waals surface area (Å²) >= 11 is 7.32. The number of carbonyl (C=O) groups is 1. The molecule has 1 heterocycles. The van der Waals surface area contributed by atoms with Crippen molar-refractivity contribution in [3.05, 3.63) is 61.8 Å². The highest BCUT2D eigenvalue weighted by molar-refractivity contribution is 7.14. The number of thiophene rings is 1. The quantitative estimate of drug-likeness (QED) is 0.456. The molecule has 0 aliphatic rings. The molecule has 30 heavy (non-hydrogen) atoms. The van der Waals surface area contributed by atoms with Crippen LogP contribution in [0.4, 0.5) is 13.2 Å². The first kappa shape index (κ1) is 24.1. The first-order valence-corrected chi connectivity index (χ1v) is 10.3. The molecule has 1 aromatic heterocycles. The van der Waals surface area contributed by atoms with Crippen molar-refractivity contribution in [3.63, 3.8) is 0 Å². The molecule has 0 aliphatic carbocycles. The minimum absolute atomic E-state index is 0.0112. The molecule has 1 aromatic carbocycles. The number of quaternary nitrogens is 1. The minimum Gasteiger partial charge on any atom is -0.347 e. The Morgan fingerprint density at radius 3 is 2.63 bits per heavy atom. The normalized spacial score (nSPS) is 13.6. The first-order chi connectivity index (χ1) is 14.1. The summed E-state index contributed by atoms with van der Waals surface area (Å²) in [5.41, 5.74) is 6.43. The van der Waals surface area contributed by atoms with E-state index in [-0.39, 0.29) is 23.6 Å². The van der Waals surface area contributed by atoms with Gasteiger partial charge in [0.25, 0.3) is 5.91 Å². The Balaban J connectivity index is 2.23. The monoisotopic (exact) mass is 459 g/mol. The highest BCUT2D eigenvalue weighted by atomic mass is 35.5. The van der Waals surface area contributed by atoms with E-state index in [9.17, 15) is 18.0 Å². The largest absolute Gasteiger partial charge is 0.416 e. The number of hydrogen-bond donors (Lipinski definition) is 4. The van der Waals surface area contributed by atoms with E-state index in [1.54, 1.807) is 18.4 Å². The third kappa shape index (κ3) is 5.69. The van der Waals surface area contributed by atoms with Crippen molar-refractivity contribution in [1.29, 1.82) is 5.41 Å². The number of nitrogens with two attached hydrogens (primary N) is 2. The van der Waals surface area contributed by atoms with Gasteiger partial charge in [0.2, 0.25) is 0 Å². The van der Waals surface area contributed by atoms with Gasteiger partial charge in [-0.2, -0.15) is 13.2 Å². The maximum atomic E-state index is 13.2. The lowest BCUT2D eigenvalue weighted by atomic mass is 9.99. The van der Waals surface area contributed by atoms with E-state index in [0.717, 1.165) is 22.7 Å². The van der Waals surface area contributed by atoms with Gasteiger partial charge < -0.3 is 21.8 Å². The van der Waals surface area contributed by atoms with E-state index in [1.807, 2.05) is 6.92 Å². The Morgan fingerprint density at radius 1 is 1.40 bits per heavy atom. The average Bonchev–Trinajstić information content (AvgIpc) is 3.09. The Bertz CT molecular complexity index is 956. The lowest BCUT2D eigenvalue weighted by Crippen LogP contribution is -2.76. The van der Waals surface area contributed by atoms with Crippen molar-refractivity contribution in [2.24, 2.45) is 5.73 Å². The molecule has 2 aromatic rings. The molecule has 162 valence electrons. The fourth-order valence-electron chi connectivity index (χ4n) is 3.05. The number of allylic oxidation sites excluding steroid dienone is 1. The molecule has 2 rings (SSSR count). The zero-order chi connectivity index (χ0) is 22.5. The summed E-state index contributed by atoms with van der Waals surface area (Å²) < 4.78 is 39.7. The molecule has 5 nitrogen and oxygen atoms in total. The van der Waals surface area contributed by atoms with Gasteiger partial charge >= 0.3 is 6.18 Å². The van der Waals surface area contributed by atoms with Crippen LogP contribution in [0.2, 0.25) is 0 Å². The number of carbonyl (C=O) groups excluding carboxylic acids is 1. The highest BCUT2D eigenvalue weighted by Gasteiger charge is 2.33. The SMILES string of the molecule is C[NH2+]/C(=C(/Cl)C=N)c1cc(C(=O)N[C@H](CN)Cc2ccccc2C(F)(F)F)sc1C. The maximum absolute atomic E-state index is 13.2. The Morgan fingerprint density at radius 2 is 2.07 bits per heavy atom. The van der Waals surface area contributed by atoms with Crippen LogP contribution in [0.5, 0.6) is 0 Å². The standard InChI is InChI=1S/C20H22ClF3N4OS/c1-11-14(18(27-2)16(21)10-26)8-17(30-11)19(29)28-13(9-25)7-12-5-3-4-6-15(12)20(22,23)24/h3-6,8,10,13,26-27H,7,9,25H2,1-2H3,(H,28,29)/p+1/b18-16+,26-10?/t13-/m0/s1. The summed E-state index contributed by atoms with van der Waals surface area (Å²) in [4.78, 5) is 13.9. The second kappa shape index (κ2) is 10.2. The molecular weight excluding hydrogens is 437 g/mol. The molecule has 6 N–H and O–H groups in total. The van der Waals surface area contributed by atoms with Crippen LogP contribution in [0.25, 0.3) is 5.70 Å². The van der Waals surface area contributed by atoms with Gasteiger partial charge in [-0.05, 0) is 31.0 Å². The number of halogens is 4. The van der Waals surface area contributed by atoms with E-state index < -0.39 is 23.7 Å². The van der Waals surface area contributed by atoms with E-state index in [0.29, 0.717) is 10.6 Å². The summed E-state index contributed by atoms with van der Waals surface area (Å²) in [5.74, 6) is -0.421. The number of benzene rings is 1. The molecule has 1 amide bonds. The Kier molecular flexibility index (Phi) is 8.19. The molecule has 0 spiro atoms. The van der Waals surface area contributed by atoms with Crippen LogP contribution in [0, 0.1) is 12.3 Å². The molecule has 0 bridgehead atoms. The molecule has 0 aliphatic heterocycles. The Hall–Kier alpha value is -2.20. The van der Waals surface area contributed by atoms with Crippen molar-refractivity contribution in [2.75, 3.05) is 13.6 Å². The number of rotatable bonds is 8. The van der Waals surface area contributed by atoms with Gasteiger partial charge in [-0.1, -0.05) is 29.8 Å². The van der Waals surface area contributed by atoms with Crippen molar-refractivity contribution < 1.29 is 23.3 Å². The minimum atomic E-state index is -4.48. The first-order valence-electron chi connectivity index (χ1n) is 9.08. The van der Waals surface area contributed by atoms with E-state index >= 15 is 0 Å². The van der Waals surface area contributed by atoms with E-state index in [4.69, 9.17) is 22.7 Å². The highest BCUT2D eigenvalue weighted by Crippen LogP contribution is 2.32. The van der Waals surface area contributed by atoms with Crippen molar-refractivity contribution in [1.82, 2.24) is 5.32 Å². The third-order valence-electron chi connectivity index (χ3n) is 4.51. The zero-order valence-corrected chi connectivity index (χ0v) is 18.0. The van der Waals surface area contributed by atoms with Gasteiger partial charge in [0.1, 0.15) is 5.03 Å². The molecule has 10 heteroatoms. The molecule has 0 fully saturated rings. The lowest BCUT2D eigenvalue weighted by Gasteiger charge is -2.19. The van der Waals surface area contributed by atoms with Crippen LogP contribution >= 0.6 is 22.9 Å². The van der Waals surface area contributed by atoms with Gasteiger partial charge in [-0.25, -0.2) is 0 Å². The van der Waals surface area contributed by atoms with Gasteiger partial charge in [0.15, 0.2) is 5.70 Å². The average molecular weight is 460 g/mol. The number of nitrogens with one attached hydrogen (secondary N) is 2. The topological polar surface area (TPSA) is 95.6 Å². The van der Waals surface area contributed by atoms with Gasteiger partial charge in [0.05, 0.1) is 23.1 Å². The van der Waals surface area contributed by atoms with Crippen LogP contribution < -0.4 is 16.4 Å². The van der Waals surface area contributed by atoms with Crippen LogP contribution in [0.1, 0.15) is 31.2 Å². The molecule has 0 radical (unpaired) electrons. The van der Waals surface area contributed by atoms with Crippen molar-refractivity contribution in [3.8, 4) is 0 Å². The van der Waals surface area contributed by atoms with E-state index in [1.165, 1.54) is 29.5 Å². The predicted octanol–water partition coefficient (Wildman–Crippen LogP) is 3.13. The fraction of sp³-hybridized carbons (Fsp3) is 0.300. The van der Waals surface area contributed by atoms with E-state index in [2.05, 4.69) is 5.32 Å². The maximum Gasteiger partial charge on any atom is 0.416 e. The summed E-state index contributed by atoms with van der Waals surface area (Å²) in [6.07, 6.45) is -3.49. The second-order valence-electron chi connectivity index (χ2n) is 6.54. The molecular formula is C20H23ClF3N4OS+. The van der Waals surface area contributed by atoms with Crippen LogP contribution in [-0.4, -0.2) is 31.8 Å². The Labute approximate surface area is 181 Å². The van der Waals surface area contributed by atoms with Crippen LogP contribution in [0.3, 0.4) is 0 Å². The predicted molar refractivity (Wildman–Crippen MR) is 114 cm³/mol. The lowest BCUT2D eigenvalue weighted by molar-refractivity contribution is -0.530. The molecule has 0 saturated heterocycles. The number of hydrogen-bond acceptors (Lipinski definition) is 4. The summed E-state index contributed by atoms with van der Waals surface area (Å²) in [6, 6.07) is 6.25.